The van der Waals surface area contributed by atoms with Gasteiger partial charge in [0, 0.05) is 10.9 Å². The van der Waals surface area contributed by atoms with E-state index >= 15 is 0 Å². The third-order valence-electron chi connectivity index (χ3n) is 3.38. The number of thiazole rings is 1. The number of aromatic nitrogens is 1. The lowest BCUT2D eigenvalue weighted by Crippen LogP contribution is -2.30. The van der Waals surface area contributed by atoms with E-state index in [0.29, 0.717) is 5.13 Å². The Bertz CT molecular complexity index is 680. The van der Waals surface area contributed by atoms with Crippen molar-refractivity contribution in [1.29, 1.82) is 0 Å². The minimum atomic E-state index is -0.808. The Kier molecular flexibility index (Phi) is 4.20. The molecule has 0 spiro atoms. The predicted octanol–water partition coefficient (Wildman–Crippen LogP) is 3.09. The molecular formula is C16H16N2O3S. The molecule has 1 aromatic heterocycles. The topological polar surface area (TPSA) is 68.3 Å². The van der Waals surface area contributed by atoms with Crippen LogP contribution in [0.5, 0.6) is 0 Å². The number of anilines is 1. The maximum absolute atomic E-state index is 12.0. The van der Waals surface area contributed by atoms with E-state index in [-0.39, 0.29) is 17.8 Å². The van der Waals surface area contributed by atoms with Gasteiger partial charge >= 0.3 is 5.97 Å². The lowest BCUT2D eigenvalue weighted by Gasteiger charge is -2.11. The highest BCUT2D eigenvalue weighted by Crippen LogP contribution is 2.30. The Balaban J connectivity index is 1.59. The number of nitrogens with zero attached hydrogens (tertiary/aromatic N) is 1. The van der Waals surface area contributed by atoms with Crippen LogP contribution in [-0.4, -0.2) is 23.0 Å². The summed E-state index contributed by atoms with van der Waals surface area (Å²) in [7, 11) is 0. The van der Waals surface area contributed by atoms with Crippen LogP contribution in [0.3, 0.4) is 0 Å². The number of carbonyl (C=O) groups excluding carboxylic acids is 2. The van der Waals surface area contributed by atoms with Gasteiger partial charge in [-0.3, -0.25) is 14.9 Å². The number of benzene rings is 1. The van der Waals surface area contributed by atoms with E-state index in [1.807, 2.05) is 35.7 Å². The van der Waals surface area contributed by atoms with Gasteiger partial charge in [0.25, 0.3) is 5.91 Å². The first-order valence-corrected chi connectivity index (χ1v) is 8.04. The SMILES string of the molecule is C[C@@H](OC(=O)C1CC1)C(=O)Nc1nc(-c2ccccc2)cs1. The van der Waals surface area contributed by atoms with Crippen molar-refractivity contribution in [1.82, 2.24) is 4.98 Å². The van der Waals surface area contributed by atoms with Crippen LogP contribution in [0.4, 0.5) is 5.13 Å². The maximum Gasteiger partial charge on any atom is 0.309 e. The normalized spacial score (nSPS) is 15.1. The summed E-state index contributed by atoms with van der Waals surface area (Å²) >= 11 is 1.34. The molecule has 3 rings (SSSR count). The van der Waals surface area contributed by atoms with E-state index in [9.17, 15) is 9.59 Å². The van der Waals surface area contributed by atoms with Gasteiger partial charge in [0.1, 0.15) is 0 Å². The Labute approximate surface area is 132 Å². The van der Waals surface area contributed by atoms with E-state index < -0.39 is 6.10 Å². The van der Waals surface area contributed by atoms with Crippen LogP contribution < -0.4 is 5.32 Å². The van der Waals surface area contributed by atoms with Crippen molar-refractivity contribution in [3.63, 3.8) is 0 Å². The molecule has 1 N–H and O–H groups in total. The summed E-state index contributed by atoms with van der Waals surface area (Å²) in [5, 5.41) is 5.07. The standard InChI is InChI=1S/C16H16N2O3S/c1-10(21-15(20)12-7-8-12)14(19)18-16-17-13(9-22-16)11-5-3-2-4-6-11/h2-6,9-10,12H,7-8H2,1H3,(H,17,18,19)/t10-/m1/s1. The van der Waals surface area contributed by atoms with Gasteiger partial charge in [-0.1, -0.05) is 30.3 Å². The lowest BCUT2D eigenvalue weighted by molar-refractivity contribution is -0.154. The molecular weight excluding hydrogens is 300 g/mol. The largest absolute Gasteiger partial charge is 0.452 e. The molecule has 5 nitrogen and oxygen atoms in total. The highest BCUT2D eigenvalue weighted by molar-refractivity contribution is 7.14. The van der Waals surface area contributed by atoms with Gasteiger partial charge in [0.15, 0.2) is 11.2 Å². The quantitative estimate of drug-likeness (QED) is 0.861. The molecule has 0 radical (unpaired) electrons. The third-order valence-corrected chi connectivity index (χ3v) is 4.13. The molecule has 1 aliphatic carbocycles. The Morgan fingerprint density at radius 1 is 1.32 bits per heavy atom. The van der Waals surface area contributed by atoms with Crippen LogP contribution in [0.1, 0.15) is 19.8 Å². The fourth-order valence-corrected chi connectivity index (χ4v) is 2.65. The van der Waals surface area contributed by atoms with Gasteiger partial charge in [-0.2, -0.15) is 0 Å². The Hall–Kier alpha value is -2.21. The Morgan fingerprint density at radius 3 is 2.73 bits per heavy atom. The Morgan fingerprint density at radius 2 is 2.05 bits per heavy atom. The third kappa shape index (κ3) is 3.51. The summed E-state index contributed by atoms with van der Waals surface area (Å²) in [4.78, 5) is 27.9. The van der Waals surface area contributed by atoms with Gasteiger partial charge in [0.05, 0.1) is 11.6 Å². The van der Waals surface area contributed by atoms with Crippen LogP contribution in [-0.2, 0) is 14.3 Å². The fourth-order valence-electron chi connectivity index (χ4n) is 1.92. The van der Waals surface area contributed by atoms with E-state index in [4.69, 9.17) is 4.74 Å². The molecule has 1 amide bonds. The average molecular weight is 316 g/mol. The molecule has 114 valence electrons. The first-order valence-electron chi connectivity index (χ1n) is 7.16. The molecule has 1 fully saturated rings. The molecule has 0 aliphatic heterocycles. The number of hydrogen-bond acceptors (Lipinski definition) is 5. The number of hydrogen-bond donors (Lipinski definition) is 1. The number of carbonyl (C=O) groups is 2. The van der Waals surface area contributed by atoms with Crippen molar-refractivity contribution in [2.45, 2.75) is 25.9 Å². The second kappa shape index (κ2) is 6.27. The molecule has 6 heteroatoms. The zero-order chi connectivity index (χ0) is 15.5. The first-order chi connectivity index (χ1) is 10.6. The molecule has 22 heavy (non-hydrogen) atoms. The van der Waals surface area contributed by atoms with Crippen LogP contribution in [0, 0.1) is 5.92 Å². The van der Waals surface area contributed by atoms with Gasteiger partial charge < -0.3 is 4.74 Å². The molecule has 1 aliphatic rings. The van der Waals surface area contributed by atoms with Crippen molar-refractivity contribution in [3.8, 4) is 11.3 Å². The summed E-state index contributed by atoms with van der Waals surface area (Å²) in [6.07, 6.45) is 0.914. The highest BCUT2D eigenvalue weighted by atomic mass is 32.1. The van der Waals surface area contributed by atoms with Crippen molar-refractivity contribution < 1.29 is 14.3 Å². The van der Waals surface area contributed by atoms with Crippen LogP contribution in [0.15, 0.2) is 35.7 Å². The second-order valence-corrected chi connectivity index (χ2v) is 6.10. The summed E-state index contributed by atoms with van der Waals surface area (Å²) in [6, 6.07) is 9.73. The highest BCUT2D eigenvalue weighted by Gasteiger charge is 2.33. The summed E-state index contributed by atoms with van der Waals surface area (Å²) in [5.41, 5.74) is 1.80. The average Bonchev–Trinajstić information content (AvgIpc) is 3.28. The molecule has 0 bridgehead atoms. The molecule has 0 saturated heterocycles. The minimum Gasteiger partial charge on any atom is -0.452 e. The van der Waals surface area contributed by atoms with E-state index in [1.54, 1.807) is 6.92 Å². The summed E-state index contributed by atoms with van der Waals surface area (Å²) in [6.45, 7) is 1.57. The molecule has 1 saturated carbocycles. The lowest BCUT2D eigenvalue weighted by atomic mass is 10.2. The van der Waals surface area contributed by atoms with Crippen molar-refractivity contribution >= 4 is 28.3 Å². The predicted molar refractivity (Wildman–Crippen MR) is 84.5 cm³/mol. The zero-order valence-electron chi connectivity index (χ0n) is 12.1. The van der Waals surface area contributed by atoms with Crippen LogP contribution in [0.2, 0.25) is 0 Å². The smallest absolute Gasteiger partial charge is 0.309 e. The monoisotopic (exact) mass is 316 g/mol. The second-order valence-electron chi connectivity index (χ2n) is 5.25. The number of ether oxygens (including phenoxy) is 1. The van der Waals surface area contributed by atoms with Crippen molar-refractivity contribution in [2.24, 2.45) is 5.92 Å². The molecule has 0 unspecified atom stereocenters. The van der Waals surface area contributed by atoms with Crippen molar-refractivity contribution in [3.05, 3.63) is 35.7 Å². The van der Waals surface area contributed by atoms with Crippen LogP contribution in [0.25, 0.3) is 11.3 Å². The van der Waals surface area contributed by atoms with Gasteiger partial charge in [0.2, 0.25) is 0 Å². The van der Waals surface area contributed by atoms with E-state index in [0.717, 1.165) is 24.1 Å². The summed E-state index contributed by atoms with van der Waals surface area (Å²) in [5.74, 6) is -0.658. The first kappa shape index (κ1) is 14.7. The van der Waals surface area contributed by atoms with Crippen LogP contribution >= 0.6 is 11.3 Å². The summed E-state index contributed by atoms with van der Waals surface area (Å²) < 4.78 is 5.13. The number of amides is 1. The van der Waals surface area contributed by atoms with E-state index in [1.165, 1.54) is 11.3 Å². The van der Waals surface area contributed by atoms with Crippen molar-refractivity contribution in [2.75, 3.05) is 5.32 Å². The minimum absolute atomic E-state index is 0.0141. The maximum atomic E-state index is 12.0. The number of nitrogens with one attached hydrogen (secondary N) is 1. The van der Waals surface area contributed by atoms with Gasteiger partial charge in [-0.15, -0.1) is 11.3 Å². The molecule has 1 aromatic carbocycles. The molecule has 1 atom stereocenters. The van der Waals surface area contributed by atoms with E-state index in [2.05, 4.69) is 10.3 Å². The number of rotatable bonds is 5. The fraction of sp³-hybridized carbons (Fsp3) is 0.312. The number of esters is 1. The molecule has 2 aromatic rings. The zero-order valence-corrected chi connectivity index (χ0v) is 12.9. The van der Waals surface area contributed by atoms with Gasteiger partial charge in [-0.25, -0.2) is 4.98 Å². The molecule has 1 heterocycles. The van der Waals surface area contributed by atoms with Gasteiger partial charge in [-0.05, 0) is 19.8 Å².